The van der Waals surface area contributed by atoms with Gasteiger partial charge >= 0.3 is 0 Å². The summed E-state index contributed by atoms with van der Waals surface area (Å²) < 4.78 is 11.2. The number of halogens is 1. The fourth-order valence-electron chi connectivity index (χ4n) is 2.26. The number of fused-ring (bicyclic) bond motifs is 1. The molecule has 0 saturated heterocycles. The number of hydrogen-bond donors (Lipinski definition) is 2. The van der Waals surface area contributed by atoms with E-state index in [9.17, 15) is 0 Å². The number of hydrogen-bond acceptors (Lipinski definition) is 3. The summed E-state index contributed by atoms with van der Waals surface area (Å²) in [4.78, 5) is 4.16. The topological polar surface area (TPSA) is 54.9 Å². The first-order valence-corrected chi connectivity index (χ1v) is 7.98. The van der Waals surface area contributed by atoms with Gasteiger partial charge < -0.3 is 20.1 Å². The highest BCUT2D eigenvalue weighted by Gasteiger charge is 2.01. The molecule has 0 spiro atoms. The maximum absolute atomic E-state index is 5.89. The summed E-state index contributed by atoms with van der Waals surface area (Å²) >= 11 is 0. The van der Waals surface area contributed by atoms with Gasteiger partial charge in [-0.05, 0) is 18.4 Å². The first-order chi connectivity index (χ1) is 11.3. The zero-order valence-corrected chi connectivity index (χ0v) is 16.6. The summed E-state index contributed by atoms with van der Waals surface area (Å²) in [7, 11) is 1.75. The van der Waals surface area contributed by atoms with Crippen LogP contribution in [-0.4, -0.2) is 45.9 Å². The van der Waals surface area contributed by atoms with Gasteiger partial charge in [-0.25, -0.2) is 0 Å². The molecule has 0 heterocycles. The van der Waals surface area contributed by atoms with Gasteiger partial charge in [0.1, 0.15) is 12.4 Å². The van der Waals surface area contributed by atoms with Crippen molar-refractivity contribution >= 4 is 40.7 Å². The predicted molar refractivity (Wildman–Crippen MR) is 111 cm³/mol. The van der Waals surface area contributed by atoms with Gasteiger partial charge in [0.25, 0.3) is 0 Å². The lowest BCUT2D eigenvalue weighted by Gasteiger charge is -2.13. The molecule has 24 heavy (non-hydrogen) atoms. The molecule has 0 atom stereocenters. The Hall–Kier alpha value is -1.54. The van der Waals surface area contributed by atoms with E-state index in [1.165, 1.54) is 5.39 Å². The number of guanidine groups is 1. The van der Waals surface area contributed by atoms with Crippen molar-refractivity contribution in [2.45, 2.75) is 6.92 Å². The Morgan fingerprint density at radius 1 is 1.00 bits per heavy atom. The Bertz CT molecular complexity index is 629. The molecule has 0 amide bonds. The zero-order valence-electron chi connectivity index (χ0n) is 14.2. The van der Waals surface area contributed by atoms with Crippen LogP contribution in [0.25, 0.3) is 10.8 Å². The van der Waals surface area contributed by atoms with E-state index in [4.69, 9.17) is 9.47 Å². The summed E-state index contributed by atoms with van der Waals surface area (Å²) in [5, 5.41) is 8.73. The molecule has 132 valence electrons. The van der Waals surface area contributed by atoms with Crippen LogP contribution in [0.15, 0.2) is 47.5 Å². The maximum atomic E-state index is 5.89. The third-order valence-electron chi connectivity index (χ3n) is 3.37. The molecular formula is C18H26IN3O2. The van der Waals surface area contributed by atoms with Crippen molar-refractivity contribution in [2.75, 3.05) is 40.0 Å². The van der Waals surface area contributed by atoms with Crippen molar-refractivity contribution in [3.05, 3.63) is 42.5 Å². The van der Waals surface area contributed by atoms with Crippen LogP contribution >= 0.6 is 24.0 Å². The number of aliphatic imine (C=N–C) groups is 1. The minimum absolute atomic E-state index is 0. The Labute approximate surface area is 160 Å². The molecule has 5 nitrogen and oxygen atoms in total. The Balaban J connectivity index is 0.00000288. The van der Waals surface area contributed by atoms with E-state index in [0.717, 1.165) is 30.2 Å². The van der Waals surface area contributed by atoms with Crippen LogP contribution in [0.3, 0.4) is 0 Å². The van der Waals surface area contributed by atoms with Crippen molar-refractivity contribution in [3.8, 4) is 5.75 Å². The fourth-order valence-corrected chi connectivity index (χ4v) is 2.26. The predicted octanol–water partition coefficient (Wildman–Crippen LogP) is 3.04. The molecule has 0 aliphatic carbocycles. The molecule has 2 aromatic rings. The first kappa shape index (κ1) is 20.5. The fraction of sp³-hybridized carbons (Fsp3) is 0.389. The van der Waals surface area contributed by atoms with Crippen LogP contribution in [-0.2, 0) is 4.74 Å². The number of rotatable bonds is 8. The van der Waals surface area contributed by atoms with Crippen LogP contribution < -0.4 is 15.4 Å². The number of benzene rings is 2. The Kier molecular flexibility index (Phi) is 10.2. The van der Waals surface area contributed by atoms with Gasteiger partial charge in [0, 0.05) is 25.6 Å². The largest absolute Gasteiger partial charge is 0.491 e. The smallest absolute Gasteiger partial charge is 0.191 e. The molecule has 2 N–H and O–H groups in total. The summed E-state index contributed by atoms with van der Waals surface area (Å²) in [6, 6.07) is 14.3. The molecule has 0 saturated carbocycles. The second-order valence-corrected chi connectivity index (χ2v) is 4.95. The monoisotopic (exact) mass is 443 g/mol. The summed E-state index contributed by atoms with van der Waals surface area (Å²) in [6.45, 7) is 5.36. The molecule has 0 aliphatic heterocycles. The average molecular weight is 443 g/mol. The highest BCUT2D eigenvalue weighted by atomic mass is 127. The van der Waals surface area contributed by atoms with Crippen LogP contribution in [0.2, 0.25) is 0 Å². The Morgan fingerprint density at radius 2 is 1.71 bits per heavy atom. The quantitative estimate of drug-likeness (QED) is 0.285. The van der Waals surface area contributed by atoms with Crippen LogP contribution in [0.1, 0.15) is 6.92 Å². The summed E-state index contributed by atoms with van der Waals surface area (Å²) in [5.41, 5.74) is 0. The number of nitrogens with zero attached hydrogens (tertiary/aromatic N) is 1. The van der Waals surface area contributed by atoms with Crippen LogP contribution in [0.5, 0.6) is 5.75 Å². The highest BCUT2D eigenvalue weighted by molar-refractivity contribution is 14.0. The molecule has 2 rings (SSSR count). The van der Waals surface area contributed by atoms with Gasteiger partial charge in [0.05, 0.1) is 13.2 Å². The van der Waals surface area contributed by atoms with Gasteiger partial charge in [-0.1, -0.05) is 36.4 Å². The van der Waals surface area contributed by atoms with E-state index >= 15 is 0 Å². The maximum Gasteiger partial charge on any atom is 0.191 e. The van der Waals surface area contributed by atoms with Gasteiger partial charge in [-0.3, -0.25) is 4.99 Å². The summed E-state index contributed by atoms with van der Waals surface area (Å²) in [6.07, 6.45) is 0. The lowest BCUT2D eigenvalue weighted by atomic mass is 10.1. The van der Waals surface area contributed by atoms with Gasteiger partial charge in [0.2, 0.25) is 0 Å². The van der Waals surface area contributed by atoms with Crippen LogP contribution in [0.4, 0.5) is 0 Å². The van der Waals surface area contributed by atoms with Crippen LogP contribution in [0, 0.1) is 0 Å². The number of nitrogens with one attached hydrogen (secondary N) is 2. The van der Waals surface area contributed by atoms with Crippen molar-refractivity contribution in [1.29, 1.82) is 0 Å². The minimum Gasteiger partial charge on any atom is -0.491 e. The SMILES string of the molecule is CCOCCNC(=NC)NCCOc1cccc2ccccc12.I. The minimum atomic E-state index is 0. The van der Waals surface area contributed by atoms with Gasteiger partial charge in [-0.2, -0.15) is 0 Å². The van der Waals surface area contributed by atoms with Crippen molar-refractivity contribution in [3.63, 3.8) is 0 Å². The van der Waals surface area contributed by atoms with E-state index in [2.05, 4.69) is 33.8 Å². The molecular weight excluding hydrogens is 417 g/mol. The normalized spacial score (nSPS) is 11.0. The molecule has 0 unspecified atom stereocenters. The third-order valence-corrected chi connectivity index (χ3v) is 3.37. The zero-order chi connectivity index (χ0) is 16.3. The van der Waals surface area contributed by atoms with E-state index in [1.54, 1.807) is 7.05 Å². The standard InChI is InChI=1S/C18H25N3O2.HI/c1-3-22-13-11-20-18(19-2)21-12-14-23-17-10-6-8-15-7-4-5-9-16(15)17;/h4-10H,3,11-14H2,1-2H3,(H2,19,20,21);1H. The van der Waals surface area contributed by atoms with Gasteiger partial charge in [0.15, 0.2) is 5.96 Å². The molecule has 6 heteroatoms. The molecule has 0 bridgehead atoms. The average Bonchev–Trinajstić information content (AvgIpc) is 2.60. The molecule has 0 fully saturated rings. The highest BCUT2D eigenvalue weighted by Crippen LogP contribution is 2.24. The molecule has 2 aromatic carbocycles. The van der Waals surface area contributed by atoms with E-state index in [0.29, 0.717) is 19.8 Å². The molecule has 0 aromatic heterocycles. The second kappa shape index (κ2) is 11.9. The first-order valence-electron chi connectivity index (χ1n) is 7.98. The van der Waals surface area contributed by atoms with Gasteiger partial charge in [-0.15, -0.1) is 24.0 Å². The van der Waals surface area contributed by atoms with E-state index in [1.807, 2.05) is 31.2 Å². The lowest BCUT2D eigenvalue weighted by Crippen LogP contribution is -2.40. The van der Waals surface area contributed by atoms with Crippen molar-refractivity contribution < 1.29 is 9.47 Å². The third kappa shape index (κ3) is 6.52. The summed E-state index contributed by atoms with van der Waals surface area (Å²) in [5.74, 6) is 1.66. The molecule has 0 radical (unpaired) electrons. The molecule has 0 aliphatic rings. The second-order valence-electron chi connectivity index (χ2n) is 4.95. The van der Waals surface area contributed by atoms with E-state index in [-0.39, 0.29) is 24.0 Å². The lowest BCUT2D eigenvalue weighted by molar-refractivity contribution is 0.152. The van der Waals surface area contributed by atoms with E-state index < -0.39 is 0 Å². The Morgan fingerprint density at radius 3 is 2.46 bits per heavy atom. The van der Waals surface area contributed by atoms with Crippen molar-refractivity contribution in [2.24, 2.45) is 4.99 Å². The number of ether oxygens (including phenoxy) is 2. The van der Waals surface area contributed by atoms with Crippen molar-refractivity contribution in [1.82, 2.24) is 10.6 Å².